The average molecular weight is 676 g/mol. The van der Waals surface area contributed by atoms with E-state index in [1.807, 2.05) is 0 Å². The minimum Gasteiger partial charge on any atom is -0.462 e. The third-order valence-electron chi connectivity index (χ3n) is 7.90. The summed E-state index contributed by atoms with van der Waals surface area (Å²) in [6, 6.07) is 0. The van der Waals surface area contributed by atoms with Crippen molar-refractivity contribution in [2.75, 3.05) is 26.4 Å². The number of ether oxygens (including phenoxy) is 2. The Morgan fingerprint density at radius 3 is 1.54 bits per heavy atom. The quantitative estimate of drug-likeness (QED) is 0.0291. The van der Waals surface area contributed by atoms with Gasteiger partial charge < -0.3 is 20.1 Å². The van der Waals surface area contributed by atoms with Crippen molar-refractivity contribution < 1.29 is 37.6 Å². The van der Waals surface area contributed by atoms with Crippen molar-refractivity contribution in [2.45, 2.75) is 180 Å². The van der Waals surface area contributed by atoms with Crippen molar-refractivity contribution in [1.29, 1.82) is 0 Å². The van der Waals surface area contributed by atoms with Crippen LogP contribution in [0.5, 0.6) is 0 Å². The predicted octanol–water partition coefficient (Wildman–Crippen LogP) is 9.88. The number of carbonyl (C=O) groups excluding carboxylic acids is 2. The maximum atomic E-state index is 12.5. The van der Waals surface area contributed by atoms with Gasteiger partial charge in [-0.15, -0.1) is 0 Å². The zero-order chi connectivity index (χ0) is 34.0. The normalized spacial score (nSPS) is 13.6. The molecule has 0 rings (SSSR count). The maximum absolute atomic E-state index is 12.5. The van der Waals surface area contributed by atoms with Crippen molar-refractivity contribution in [2.24, 2.45) is 5.73 Å². The van der Waals surface area contributed by atoms with Crippen LogP contribution in [0.2, 0.25) is 0 Å². The van der Waals surface area contributed by atoms with Gasteiger partial charge in [0.15, 0.2) is 6.10 Å². The summed E-state index contributed by atoms with van der Waals surface area (Å²) in [4.78, 5) is 34.6. The van der Waals surface area contributed by atoms with Gasteiger partial charge >= 0.3 is 19.8 Å². The molecule has 0 aliphatic carbocycles. The van der Waals surface area contributed by atoms with Crippen molar-refractivity contribution in [3.05, 3.63) is 12.2 Å². The summed E-state index contributed by atoms with van der Waals surface area (Å²) in [5, 5.41) is 0. The highest BCUT2D eigenvalue weighted by Gasteiger charge is 2.25. The molecule has 1 unspecified atom stereocenters. The van der Waals surface area contributed by atoms with Crippen LogP contribution >= 0.6 is 7.82 Å². The molecule has 0 saturated carbocycles. The van der Waals surface area contributed by atoms with E-state index in [0.29, 0.717) is 6.42 Å². The number of allylic oxidation sites excluding steroid dienone is 2. The van der Waals surface area contributed by atoms with Crippen LogP contribution in [-0.2, 0) is 32.7 Å². The molecular formula is C36H70NO8P. The molecule has 0 fully saturated rings. The van der Waals surface area contributed by atoms with E-state index in [-0.39, 0.29) is 38.6 Å². The summed E-state index contributed by atoms with van der Waals surface area (Å²) in [6.45, 7) is 3.69. The summed E-state index contributed by atoms with van der Waals surface area (Å²) < 4.78 is 32.6. The van der Waals surface area contributed by atoms with Crippen LogP contribution in [0.3, 0.4) is 0 Å². The zero-order valence-corrected chi connectivity index (χ0v) is 30.5. The Kier molecular flexibility index (Phi) is 32.7. The lowest BCUT2D eigenvalue weighted by Crippen LogP contribution is -2.29. The Labute approximate surface area is 281 Å². The predicted molar refractivity (Wildman–Crippen MR) is 188 cm³/mol. The van der Waals surface area contributed by atoms with Crippen molar-refractivity contribution in [1.82, 2.24) is 0 Å². The Morgan fingerprint density at radius 2 is 1.07 bits per heavy atom. The van der Waals surface area contributed by atoms with Crippen molar-refractivity contribution in [3.63, 3.8) is 0 Å². The van der Waals surface area contributed by atoms with Gasteiger partial charge in [0.05, 0.1) is 13.2 Å². The zero-order valence-electron chi connectivity index (χ0n) is 29.6. The molecular weight excluding hydrogens is 605 g/mol. The van der Waals surface area contributed by atoms with Crippen LogP contribution in [0.4, 0.5) is 0 Å². The van der Waals surface area contributed by atoms with Gasteiger partial charge in [0.1, 0.15) is 6.61 Å². The molecule has 0 aliphatic rings. The molecule has 0 radical (unpaired) electrons. The fourth-order valence-electron chi connectivity index (χ4n) is 5.10. The highest BCUT2D eigenvalue weighted by Crippen LogP contribution is 2.43. The minimum atomic E-state index is -4.36. The van der Waals surface area contributed by atoms with Gasteiger partial charge in [-0.1, -0.05) is 135 Å². The average Bonchev–Trinajstić information content (AvgIpc) is 3.04. The number of phosphoric ester groups is 1. The standard InChI is InChI=1S/C36H70NO8P/c1-3-5-7-9-11-13-14-15-16-17-18-19-21-23-25-27-29-36(39)45-34(33-44-46(40,41)43-31-30-37)32-42-35(38)28-26-24-22-20-12-10-8-6-4-2/h16-17,34H,3-15,18-33,37H2,1-2H3,(H,40,41)/b17-16-/t34-/m1/s1. The molecule has 0 aliphatic heterocycles. The van der Waals surface area contributed by atoms with Gasteiger partial charge in [0, 0.05) is 19.4 Å². The van der Waals surface area contributed by atoms with E-state index in [0.717, 1.165) is 51.4 Å². The molecule has 0 aromatic rings. The maximum Gasteiger partial charge on any atom is 0.472 e. The molecule has 0 bridgehead atoms. The van der Waals surface area contributed by atoms with Crippen molar-refractivity contribution >= 4 is 19.8 Å². The molecule has 0 aromatic heterocycles. The monoisotopic (exact) mass is 675 g/mol. The van der Waals surface area contributed by atoms with E-state index in [4.69, 9.17) is 24.3 Å². The van der Waals surface area contributed by atoms with Crippen LogP contribution in [0.1, 0.15) is 174 Å². The number of phosphoric acid groups is 1. The second kappa shape index (κ2) is 33.6. The molecule has 0 spiro atoms. The first-order valence-corrected chi connectivity index (χ1v) is 20.2. The lowest BCUT2D eigenvalue weighted by Gasteiger charge is -2.19. The third-order valence-corrected chi connectivity index (χ3v) is 8.89. The van der Waals surface area contributed by atoms with E-state index in [9.17, 15) is 19.0 Å². The number of esters is 2. The van der Waals surface area contributed by atoms with E-state index in [1.165, 1.54) is 89.9 Å². The van der Waals surface area contributed by atoms with E-state index < -0.39 is 26.5 Å². The highest BCUT2D eigenvalue weighted by atomic mass is 31.2. The summed E-state index contributed by atoms with van der Waals surface area (Å²) in [6.07, 6.45) is 31.0. The fraction of sp³-hybridized carbons (Fsp3) is 0.889. The molecule has 46 heavy (non-hydrogen) atoms. The van der Waals surface area contributed by atoms with Crippen LogP contribution in [0.25, 0.3) is 0 Å². The smallest absolute Gasteiger partial charge is 0.462 e. The van der Waals surface area contributed by atoms with Crippen LogP contribution in [0, 0.1) is 0 Å². The van der Waals surface area contributed by atoms with Gasteiger partial charge in [-0.25, -0.2) is 4.57 Å². The van der Waals surface area contributed by atoms with Gasteiger partial charge in [0.2, 0.25) is 0 Å². The summed E-state index contributed by atoms with van der Waals surface area (Å²) in [5.74, 6) is -0.837. The minimum absolute atomic E-state index is 0.0544. The van der Waals surface area contributed by atoms with Gasteiger partial charge in [-0.05, 0) is 38.5 Å². The molecule has 3 N–H and O–H groups in total. The van der Waals surface area contributed by atoms with E-state index in [1.54, 1.807) is 0 Å². The molecule has 10 heteroatoms. The molecule has 0 aromatic carbocycles. The molecule has 0 heterocycles. The fourth-order valence-corrected chi connectivity index (χ4v) is 5.86. The first-order valence-electron chi connectivity index (χ1n) is 18.7. The Morgan fingerprint density at radius 1 is 0.630 bits per heavy atom. The molecule has 2 atom stereocenters. The highest BCUT2D eigenvalue weighted by molar-refractivity contribution is 7.47. The van der Waals surface area contributed by atoms with E-state index >= 15 is 0 Å². The molecule has 272 valence electrons. The van der Waals surface area contributed by atoms with Gasteiger partial charge in [-0.3, -0.25) is 18.6 Å². The number of hydrogen-bond donors (Lipinski definition) is 2. The SMILES string of the molecule is CCCCCCCCC/C=C\CCCCCCCC(=O)O[C@H](COC(=O)CCCCCCCCCCC)COP(=O)(O)OCCN. The van der Waals surface area contributed by atoms with Crippen LogP contribution < -0.4 is 5.73 Å². The number of unbranched alkanes of at least 4 members (excludes halogenated alkanes) is 20. The van der Waals surface area contributed by atoms with Gasteiger partial charge in [0.25, 0.3) is 0 Å². The second-order valence-corrected chi connectivity index (χ2v) is 13.9. The third kappa shape index (κ3) is 32.7. The Balaban J connectivity index is 4.21. The molecule has 0 amide bonds. The topological polar surface area (TPSA) is 134 Å². The largest absolute Gasteiger partial charge is 0.472 e. The summed E-state index contributed by atoms with van der Waals surface area (Å²) in [5.41, 5.74) is 5.32. The van der Waals surface area contributed by atoms with Gasteiger partial charge in [-0.2, -0.15) is 0 Å². The lowest BCUT2D eigenvalue weighted by molar-refractivity contribution is -0.161. The Hall–Kier alpha value is -1.25. The van der Waals surface area contributed by atoms with E-state index in [2.05, 4.69) is 26.0 Å². The number of hydrogen-bond acceptors (Lipinski definition) is 8. The summed E-state index contributed by atoms with van der Waals surface area (Å²) >= 11 is 0. The molecule has 0 saturated heterocycles. The number of carbonyl (C=O) groups is 2. The summed E-state index contributed by atoms with van der Waals surface area (Å²) in [7, 11) is -4.36. The first kappa shape index (κ1) is 44.8. The number of nitrogens with two attached hydrogens (primary N) is 1. The second-order valence-electron chi connectivity index (χ2n) is 12.4. The van der Waals surface area contributed by atoms with Crippen LogP contribution in [-0.4, -0.2) is 49.3 Å². The molecule has 9 nitrogen and oxygen atoms in total. The lowest BCUT2D eigenvalue weighted by atomic mass is 10.1. The number of rotatable bonds is 35. The Bertz CT molecular complexity index is 779. The first-order chi connectivity index (χ1) is 22.3. The van der Waals surface area contributed by atoms with Crippen LogP contribution in [0.15, 0.2) is 12.2 Å². The van der Waals surface area contributed by atoms with Crippen molar-refractivity contribution in [3.8, 4) is 0 Å².